The molecule has 0 aliphatic carbocycles. The van der Waals surface area contributed by atoms with Crippen LogP contribution in [0.5, 0.6) is 5.75 Å². The number of benzene rings is 1. The van der Waals surface area contributed by atoms with Gasteiger partial charge >= 0.3 is 5.97 Å². The summed E-state index contributed by atoms with van der Waals surface area (Å²) in [6.07, 6.45) is 1.40. The van der Waals surface area contributed by atoms with Gasteiger partial charge in [-0.25, -0.2) is 9.79 Å². The smallest absolute Gasteiger partial charge is 0.338 e. The first-order chi connectivity index (χ1) is 15.3. The van der Waals surface area contributed by atoms with Crippen molar-refractivity contribution in [1.82, 2.24) is 4.57 Å². The number of aromatic nitrogens is 1. The zero-order valence-electron chi connectivity index (χ0n) is 18.5. The molecule has 0 amide bonds. The van der Waals surface area contributed by atoms with E-state index in [1.807, 2.05) is 31.2 Å². The van der Waals surface area contributed by atoms with Gasteiger partial charge in [0.15, 0.2) is 4.80 Å². The van der Waals surface area contributed by atoms with Crippen LogP contribution in [0.1, 0.15) is 43.9 Å². The average molecular weight is 453 g/mol. The van der Waals surface area contributed by atoms with Crippen molar-refractivity contribution in [3.05, 3.63) is 84.4 Å². The van der Waals surface area contributed by atoms with E-state index in [2.05, 4.69) is 4.99 Å². The van der Waals surface area contributed by atoms with Gasteiger partial charge in [-0.1, -0.05) is 23.5 Å². The molecule has 1 aromatic carbocycles. The third-order valence-corrected chi connectivity index (χ3v) is 6.03. The number of furan rings is 1. The Kier molecular flexibility index (Phi) is 5.88. The fourth-order valence-corrected chi connectivity index (χ4v) is 4.65. The average Bonchev–Trinajstić information content (AvgIpc) is 3.29. The molecule has 7 nitrogen and oxygen atoms in total. The fraction of sp³-hybridized carbons (Fsp3) is 0.292. The minimum atomic E-state index is -0.663. The van der Waals surface area contributed by atoms with Gasteiger partial charge in [-0.05, 0) is 57.5 Å². The lowest BCUT2D eigenvalue weighted by molar-refractivity contribution is -0.143. The van der Waals surface area contributed by atoms with E-state index < -0.39 is 12.0 Å². The summed E-state index contributed by atoms with van der Waals surface area (Å²) in [5, 5.41) is 0. The number of hydrogen-bond donors (Lipinski definition) is 0. The second-order valence-electron chi connectivity index (χ2n) is 7.76. The first-order valence-corrected chi connectivity index (χ1v) is 11.0. The quantitative estimate of drug-likeness (QED) is 0.556. The molecule has 0 bridgehead atoms. The van der Waals surface area contributed by atoms with Crippen LogP contribution in [0.25, 0.3) is 6.08 Å². The molecule has 4 rings (SSSR count). The van der Waals surface area contributed by atoms with E-state index in [4.69, 9.17) is 13.9 Å². The second kappa shape index (κ2) is 8.63. The summed E-state index contributed by atoms with van der Waals surface area (Å²) in [5.41, 5.74) is 1.39. The standard InChI is InChI=1S/C24H24N2O5S/c1-13(2)30-23(28)20-15(4)25-24-26(21(20)16-7-10-17(29-5)11-8-16)22(27)19(32-24)12-18-9-6-14(3)31-18/h6-13,21H,1-5H3/b19-12-/t21-/m1/s1. The zero-order chi connectivity index (χ0) is 23.0. The zero-order valence-corrected chi connectivity index (χ0v) is 19.4. The number of rotatable bonds is 5. The molecular formula is C24H24N2O5S. The van der Waals surface area contributed by atoms with Crippen LogP contribution >= 0.6 is 11.3 Å². The fourth-order valence-electron chi connectivity index (χ4n) is 3.62. The van der Waals surface area contributed by atoms with Gasteiger partial charge in [0.2, 0.25) is 0 Å². The molecule has 1 aliphatic rings. The highest BCUT2D eigenvalue weighted by atomic mass is 32.1. The van der Waals surface area contributed by atoms with Crippen LogP contribution in [0, 0.1) is 6.92 Å². The van der Waals surface area contributed by atoms with Crippen molar-refractivity contribution in [2.24, 2.45) is 4.99 Å². The van der Waals surface area contributed by atoms with Gasteiger partial charge in [0.1, 0.15) is 17.3 Å². The lowest BCUT2D eigenvalue weighted by Gasteiger charge is -2.25. The van der Waals surface area contributed by atoms with E-state index in [1.165, 1.54) is 11.3 Å². The SMILES string of the molecule is COc1ccc([C@@H]2C(C(=O)OC(C)C)=C(C)N=c3s/c(=C\c4ccc(C)o4)c(=O)n32)cc1. The maximum atomic E-state index is 13.5. The third kappa shape index (κ3) is 4.05. The first kappa shape index (κ1) is 21.8. The van der Waals surface area contributed by atoms with Crippen molar-refractivity contribution in [3.8, 4) is 5.75 Å². The Morgan fingerprint density at radius 3 is 2.50 bits per heavy atom. The number of ether oxygens (including phenoxy) is 2. The minimum absolute atomic E-state index is 0.244. The number of esters is 1. The highest BCUT2D eigenvalue weighted by Crippen LogP contribution is 2.31. The van der Waals surface area contributed by atoms with Crippen LogP contribution in [-0.4, -0.2) is 23.8 Å². The molecule has 0 spiro atoms. The molecule has 3 aromatic rings. The maximum Gasteiger partial charge on any atom is 0.338 e. The van der Waals surface area contributed by atoms with Gasteiger partial charge in [0.05, 0.1) is 35.1 Å². The highest BCUT2D eigenvalue weighted by Gasteiger charge is 2.33. The number of allylic oxidation sites excluding steroid dienone is 1. The number of carbonyl (C=O) groups is 1. The summed E-state index contributed by atoms with van der Waals surface area (Å²) in [6.45, 7) is 7.19. The Morgan fingerprint density at radius 1 is 1.19 bits per heavy atom. The van der Waals surface area contributed by atoms with E-state index in [-0.39, 0.29) is 11.7 Å². The van der Waals surface area contributed by atoms with Crippen molar-refractivity contribution in [2.45, 2.75) is 39.8 Å². The number of hydrogen-bond acceptors (Lipinski definition) is 7. The molecule has 8 heteroatoms. The summed E-state index contributed by atoms with van der Waals surface area (Å²) in [7, 11) is 1.59. The van der Waals surface area contributed by atoms with E-state index in [0.29, 0.717) is 32.1 Å². The van der Waals surface area contributed by atoms with Gasteiger partial charge in [-0.2, -0.15) is 0 Å². The Hall–Kier alpha value is -3.39. The van der Waals surface area contributed by atoms with E-state index in [1.54, 1.807) is 50.7 Å². The molecule has 0 N–H and O–H groups in total. The Bertz CT molecular complexity index is 1370. The molecule has 0 saturated carbocycles. The predicted molar refractivity (Wildman–Crippen MR) is 121 cm³/mol. The first-order valence-electron chi connectivity index (χ1n) is 10.2. The van der Waals surface area contributed by atoms with Crippen LogP contribution in [-0.2, 0) is 9.53 Å². The highest BCUT2D eigenvalue weighted by molar-refractivity contribution is 7.07. The van der Waals surface area contributed by atoms with E-state index in [9.17, 15) is 9.59 Å². The summed E-state index contributed by atoms with van der Waals surface area (Å²) in [6, 6.07) is 10.3. The summed E-state index contributed by atoms with van der Waals surface area (Å²) >= 11 is 1.26. The Balaban J connectivity index is 1.93. The molecule has 1 aliphatic heterocycles. The molecule has 0 radical (unpaired) electrons. The summed E-state index contributed by atoms with van der Waals surface area (Å²) in [5.74, 6) is 1.54. The second-order valence-corrected chi connectivity index (χ2v) is 8.77. The Morgan fingerprint density at radius 2 is 1.91 bits per heavy atom. The molecule has 1 atom stereocenters. The minimum Gasteiger partial charge on any atom is -0.497 e. The lowest BCUT2D eigenvalue weighted by atomic mass is 9.96. The lowest BCUT2D eigenvalue weighted by Crippen LogP contribution is -2.40. The van der Waals surface area contributed by atoms with Crippen LogP contribution in [0.15, 0.2) is 61.9 Å². The topological polar surface area (TPSA) is 83.0 Å². The predicted octanol–water partition coefficient (Wildman–Crippen LogP) is 3.10. The molecule has 0 saturated heterocycles. The van der Waals surface area contributed by atoms with Gasteiger partial charge in [-0.3, -0.25) is 9.36 Å². The van der Waals surface area contributed by atoms with Crippen LogP contribution in [0.3, 0.4) is 0 Å². The molecule has 0 unspecified atom stereocenters. The molecular weight excluding hydrogens is 428 g/mol. The summed E-state index contributed by atoms with van der Waals surface area (Å²) < 4.78 is 18.4. The van der Waals surface area contributed by atoms with Crippen LogP contribution in [0.4, 0.5) is 0 Å². The molecule has 0 fully saturated rings. The molecule has 3 heterocycles. The number of methoxy groups -OCH3 is 1. The van der Waals surface area contributed by atoms with Gasteiger partial charge in [-0.15, -0.1) is 0 Å². The normalized spacial score (nSPS) is 16.2. The molecule has 166 valence electrons. The van der Waals surface area contributed by atoms with Gasteiger partial charge < -0.3 is 13.9 Å². The third-order valence-electron chi connectivity index (χ3n) is 5.05. The van der Waals surface area contributed by atoms with Crippen molar-refractivity contribution in [2.75, 3.05) is 7.11 Å². The van der Waals surface area contributed by atoms with Crippen LogP contribution in [0.2, 0.25) is 0 Å². The van der Waals surface area contributed by atoms with Gasteiger partial charge in [0.25, 0.3) is 5.56 Å². The van der Waals surface area contributed by atoms with E-state index >= 15 is 0 Å². The van der Waals surface area contributed by atoms with Crippen molar-refractivity contribution >= 4 is 23.4 Å². The maximum absolute atomic E-state index is 13.5. The number of aryl methyl sites for hydroxylation is 1. The molecule has 2 aromatic heterocycles. The monoisotopic (exact) mass is 452 g/mol. The number of fused-ring (bicyclic) bond motifs is 1. The van der Waals surface area contributed by atoms with Gasteiger partial charge in [0, 0.05) is 6.08 Å². The largest absolute Gasteiger partial charge is 0.497 e. The number of carbonyl (C=O) groups excluding carboxylic acids is 1. The summed E-state index contributed by atoms with van der Waals surface area (Å²) in [4.78, 5) is 31.6. The molecule has 32 heavy (non-hydrogen) atoms. The Labute approximate surface area is 188 Å². The van der Waals surface area contributed by atoms with Crippen LogP contribution < -0.4 is 19.6 Å². The van der Waals surface area contributed by atoms with Crippen molar-refractivity contribution < 1.29 is 18.7 Å². The van der Waals surface area contributed by atoms with E-state index in [0.717, 1.165) is 11.3 Å². The van der Waals surface area contributed by atoms with Crippen molar-refractivity contribution in [1.29, 1.82) is 0 Å². The number of nitrogens with zero attached hydrogens (tertiary/aromatic N) is 2. The number of thiazole rings is 1. The van der Waals surface area contributed by atoms with Crippen molar-refractivity contribution in [3.63, 3.8) is 0 Å².